The SMILES string of the molecule is CC(Nc1nc2c([N+](=O)[O-])cccc2o1)c1cccnc1. The molecule has 1 atom stereocenters. The highest BCUT2D eigenvalue weighted by Gasteiger charge is 2.18. The Bertz CT molecular complexity index is 785. The van der Waals surface area contributed by atoms with Crippen LogP contribution in [-0.4, -0.2) is 14.9 Å². The molecule has 0 aliphatic heterocycles. The summed E-state index contributed by atoms with van der Waals surface area (Å²) in [6.07, 6.45) is 3.43. The van der Waals surface area contributed by atoms with Gasteiger partial charge in [0.25, 0.3) is 11.7 Å². The molecule has 7 nitrogen and oxygen atoms in total. The van der Waals surface area contributed by atoms with Gasteiger partial charge in [0.15, 0.2) is 11.1 Å². The van der Waals surface area contributed by atoms with Crippen molar-refractivity contribution in [1.29, 1.82) is 0 Å². The monoisotopic (exact) mass is 284 g/mol. The van der Waals surface area contributed by atoms with E-state index in [0.717, 1.165) is 5.56 Å². The van der Waals surface area contributed by atoms with Gasteiger partial charge >= 0.3 is 0 Å². The zero-order valence-corrected chi connectivity index (χ0v) is 11.2. The standard InChI is InChI=1S/C14H12N4O3/c1-9(10-4-3-7-15-8-10)16-14-17-13-11(18(19)20)5-2-6-12(13)21-14/h2-9H,1H3,(H,16,17). The first kappa shape index (κ1) is 13.0. The number of oxazole rings is 1. The number of hydrogen-bond acceptors (Lipinski definition) is 6. The van der Waals surface area contributed by atoms with Gasteiger partial charge in [0.05, 0.1) is 11.0 Å². The molecular formula is C14H12N4O3. The van der Waals surface area contributed by atoms with Crippen LogP contribution in [0.15, 0.2) is 47.1 Å². The molecule has 0 saturated carbocycles. The van der Waals surface area contributed by atoms with Crippen molar-refractivity contribution >= 4 is 22.8 Å². The quantitative estimate of drug-likeness (QED) is 0.583. The van der Waals surface area contributed by atoms with E-state index in [1.54, 1.807) is 24.5 Å². The number of para-hydroxylation sites is 1. The van der Waals surface area contributed by atoms with Gasteiger partial charge in [0.2, 0.25) is 0 Å². The summed E-state index contributed by atoms with van der Waals surface area (Å²) in [5.74, 6) is 0. The number of nitro benzene ring substituents is 1. The smallest absolute Gasteiger partial charge is 0.298 e. The highest BCUT2D eigenvalue weighted by molar-refractivity contribution is 5.84. The molecule has 2 aromatic heterocycles. The first-order valence-electron chi connectivity index (χ1n) is 6.35. The summed E-state index contributed by atoms with van der Waals surface area (Å²) in [6.45, 7) is 1.93. The second-order valence-corrected chi connectivity index (χ2v) is 4.55. The first-order chi connectivity index (χ1) is 10.1. The average molecular weight is 284 g/mol. The molecule has 3 rings (SSSR count). The number of anilines is 1. The summed E-state index contributed by atoms with van der Waals surface area (Å²) in [7, 11) is 0. The summed E-state index contributed by atoms with van der Waals surface area (Å²) in [5.41, 5.74) is 1.51. The van der Waals surface area contributed by atoms with Crippen molar-refractivity contribution in [3.8, 4) is 0 Å². The Hall–Kier alpha value is -2.96. The highest BCUT2D eigenvalue weighted by atomic mass is 16.6. The van der Waals surface area contributed by atoms with Crippen LogP contribution < -0.4 is 5.32 Å². The van der Waals surface area contributed by atoms with Crippen molar-refractivity contribution in [2.24, 2.45) is 0 Å². The van der Waals surface area contributed by atoms with Gasteiger partial charge in [-0.1, -0.05) is 12.1 Å². The molecule has 1 aromatic carbocycles. The fourth-order valence-electron chi connectivity index (χ4n) is 2.04. The van der Waals surface area contributed by atoms with Crippen molar-refractivity contribution in [2.45, 2.75) is 13.0 Å². The molecule has 0 fully saturated rings. The van der Waals surface area contributed by atoms with Crippen LogP contribution in [0.3, 0.4) is 0 Å². The lowest BCUT2D eigenvalue weighted by Gasteiger charge is -2.11. The third kappa shape index (κ3) is 2.53. The Balaban J connectivity index is 1.92. The fraction of sp³-hybridized carbons (Fsp3) is 0.143. The van der Waals surface area contributed by atoms with Gasteiger partial charge in [-0.25, -0.2) is 0 Å². The Morgan fingerprint density at radius 2 is 2.19 bits per heavy atom. The van der Waals surface area contributed by atoms with Gasteiger partial charge in [0.1, 0.15) is 0 Å². The molecule has 0 bridgehead atoms. The molecule has 1 N–H and O–H groups in total. The number of nitro groups is 1. The number of aromatic nitrogens is 2. The lowest BCUT2D eigenvalue weighted by Crippen LogP contribution is -2.06. The maximum atomic E-state index is 11.0. The molecule has 21 heavy (non-hydrogen) atoms. The van der Waals surface area contributed by atoms with Crippen molar-refractivity contribution < 1.29 is 9.34 Å². The van der Waals surface area contributed by atoms with E-state index in [2.05, 4.69) is 15.3 Å². The molecule has 0 aliphatic rings. The Morgan fingerprint density at radius 3 is 2.90 bits per heavy atom. The second kappa shape index (κ2) is 5.20. The fourth-order valence-corrected chi connectivity index (χ4v) is 2.04. The minimum Gasteiger partial charge on any atom is -0.423 e. The van der Waals surface area contributed by atoms with Gasteiger partial charge < -0.3 is 9.73 Å². The van der Waals surface area contributed by atoms with E-state index in [1.807, 2.05) is 19.1 Å². The van der Waals surface area contributed by atoms with Crippen LogP contribution in [0.2, 0.25) is 0 Å². The van der Waals surface area contributed by atoms with E-state index >= 15 is 0 Å². The van der Waals surface area contributed by atoms with Gasteiger partial charge in [-0.15, -0.1) is 0 Å². The summed E-state index contributed by atoms with van der Waals surface area (Å²) < 4.78 is 5.50. The number of nitrogens with one attached hydrogen (secondary N) is 1. The minimum absolute atomic E-state index is 0.0710. The predicted molar refractivity (Wildman–Crippen MR) is 76.9 cm³/mol. The van der Waals surface area contributed by atoms with Crippen molar-refractivity contribution in [3.63, 3.8) is 0 Å². The topological polar surface area (TPSA) is 94.1 Å². The van der Waals surface area contributed by atoms with Crippen molar-refractivity contribution in [1.82, 2.24) is 9.97 Å². The number of fused-ring (bicyclic) bond motifs is 1. The number of pyridine rings is 1. The number of rotatable bonds is 4. The molecule has 0 radical (unpaired) electrons. The number of benzene rings is 1. The van der Waals surface area contributed by atoms with Crippen LogP contribution in [0.25, 0.3) is 11.1 Å². The van der Waals surface area contributed by atoms with Crippen LogP contribution in [0, 0.1) is 10.1 Å². The normalized spacial score (nSPS) is 12.2. The summed E-state index contributed by atoms with van der Waals surface area (Å²) in [4.78, 5) is 18.7. The van der Waals surface area contributed by atoms with Gasteiger partial charge in [-0.05, 0) is 24.6 Å². The third-order valence-electron chi connectivity index (χ3n) is 3.12. The van der Waals surface area contributed by atoms with Crippen LogP contribution >= 0.6 is 0 Å². The summed E-state index contributed by atoms with van der Waals surface area (Å²) in [6, 6.07) is 8.55. The molecule has 106 valence electrons. The number of non-ortho nitro benzene ring substituents is 1. The minimum atomic E-state index is -0.473. The maximum Gasteiger partial charge on any atom is 0.298 e. The number of nitrogens with zero attached hydrogens (tertiary/aromatic N) is 3. The Labute approximate surface area is 119 Å². The zero-order chi connectivity index (χ0) is 14.8. The van der Waals surface area contributed by atoms with Gasteiger partial charge in [-0.2, -0.15) is 4.98 Å². The van der Waals surface area contributed by atoms with E-state index < -0.39 is 4.92 Å². The van der Waals surface area contributed by atoms with Crippen LogP contribution in [0.4, 0.5) is 11.7 Å². The zero-order valence-electron chi connectivity index (χ0n) is 11.2. The lowest BCUT2D eigenvalue weighted by atomic mass is 10.1. The van der Waals surface area contributed by atoms with Crippen molar-refractivity contribution in [2.75, 3.05) is 5.32 Å². The van der Waals surface area contributed by atoms with Crippen LogP contribution in [-0.2, 0) is 0 Å². The average Bonchev–Trinajstić information content (AvgIpc) is 2.89. The molecule has 0 aliphatic carbocycles. The van der Waals surface area contributed by atoms with Gasteiger partial charge in [0, 0.05) is 18.5 Å². The van der Waals surface area contributed by atoms with Crippen molar-refractivity contribution in [3.05, 3.63) is 58.4 Å². The summed E-state index contributed by atoms with van der Waals surface area (Å²) in [5, 5.41) is 14.0. The highest BCUT2D eigenvalue weighted by Crippen LogP contribution is 2.28. The van der Waals surface area contributed by atoms with Crippen LogP contribution in [0.1, 0.15) is 18.5 Å². The molecular weight excluding hydrogens is 272 g/mol. The molecule has 1 unspecified atom stereocenters. The maximum absolute atomic E-state index is 11.0. The lowest BCUT2D eigenvalue weighted by molar-refractivity contribution is -0.383. The number of hydrogen-bond donors (Lipinski definition) is 1. The molecule has 0 spiro atoms. The first-order valence-corrected chi connectivity index (χ1v) is 6.35. The van der Waals surface area contributed by atoms with E-state index in [4.69, 9.17) is 4.42 Å². The molecule has 0 saturated heterocycles. The molecule has 2 heterocycles. The van der Waals surface area contributed by atoms with E-state index in [9.17, 15) is 10.1 Å². The second-order valence-electron chi connectivity index (χ2n) is 4.55. The molecule has 3 aromatic rings. The van der Waals surface area contributed by atoms with Gasteiger partial charge in [-0.3, -0.25) is 15.1 Å². The Kier molecular flexibility index (Phi) is 3.23. The third-order valence-corrected chi connectivity index (χ3v) is 3.12. The van der Waals surface area contributed by atoms with E-state index in [0.29, 0.717) is 5.58 Å². The van der Waals surface area contributed by atoms with E-state index in [1.165, 1.54) is 6.07 Å². The van der Waals surface area contributed by atoms with Crippen LogP contribution in [0.5, 0.6) is 0 Å². The molecule has 0 amide bonds. The molecule has 7 heteroatoms. The van der Waals surface area contributed by atoms with E-state index in [-0.39, 0.29) is 23.3 Å². The Morgan fingerprint density at radius 1 is 1.33 bits per heavy atom. The predicted octanol–water partition coefficient (Wildman–Crippen LogP) is 3.30. The summed E-state index contributed by atoms with van der Waals surface area (Å²) >= 11 is 0. The largest absolute Gasteiger partial charge is 0.423 e.